The van der Waals surface area contributed by atoms with Crippen LogP contribution in [0.5, 0.6) is 11.5 Å². The zero-order valence-electron chi connectivity index (χ0n) is 18.9. The number of carbonyl (C=O) groups excluding carboxylic acids is 1. The van der Waals surface area contributed by atoms with Crippen molar-refractivity contribution in [3.05, 3.63) is 82.9 Å². The molecule has 4 aromatic rings. The second kappa shape index (κ2) is 10.4. The first-order chi connectivity index (χ1) is 16.1. The molecule has 0 spiro atoms. The molecular formula is C26H26N2O4S. The van der Waals surface area contributed by atoms with Gasteiger partial charge in [0.1, 0.15) is 5.52 Å². The van der Waals surface area contributed by atoms with Gasteiger partial charge >= 0.3 is 0 Å². The van der Waals surface area contributed by atoms with Gasteiger partial charge in [0.05, 0.1) is 14.2 Å². The topological polar surface area (TPSA) is 73.6 Å². The van der Waals surface area contributed by atoms with Crippen LogP contribution in [0.3, 0.4) is 0 Å². The van der Waals surface area contributed by atoms with Crippen LogP contribution < -0.4 is 14.8 Å². The van der Waals surface area contributed by atoms with Crippen LogP contribution in [-0.2, 0) is 12.2 Å². The number of nitrogens with one attached hydrogen (secondary N) is 1. The van der Waals surface area contributed by atoms with E-state index in [2.05, 4.69) is 10.3 Å². The number of para-hydroxylation sites is 1. The van der Waals surface area contributed by atoms with Gasteiger partial charge in [0.2, 0.25) is 0 Å². The van der Waals surface area contributed by atoms with Gasteiger partial charge in [-0.15, -0.1) is 0 Å². The quantitative estimate of drug-likeness (QED) is 0.335. The number of carbonyl (C=O) groups is 1. The van der Waals surface area contributed by atoms with Gasteiger partial charge in [0.25, 0.3) is 11.1 Å². The van der Waals surface area contributed by atoms with Crippen molar-refractivity contribution in [1.82, 2.24) is 10.3 Å². The van der Waals surface area contributed by atoms with E-state index in [0.717, 1.165) is 27.8 Å². The highest BCUT2D eigenvalue weighted by atomic mass is 32.2. The van der Waals surface area contributed by atoms with E-state index in [9.17, 15) is 4.79 Å². The average Bonchev–Trinajstić information content (AvgIpc) is 3.27. The summed E-state index contributed by atoms with van der Waals surface area (Å²) in [7, 11) is 3.22. The number of rotatable bonds is 9. The number of aryl methyl sites for hydroxylation is 1. The lowest BCUT2D eigenvalue weighted by molar-refractivity contribution is 0.0954. The number of nitrogens with zero attached hydrogens (tertiary/aromatic N) is 1. The van der Waals surface area contributed by atoms with E-state index in [1.165, 1.54) is 11.8 Å². The highest BCUT2D eigenvalue weighted by Crippen LogP contribution is 2.29. The van der Waals surface area contributed by atoms with E-state index >= 15 is 0 Å². The Hall–Kier alpha value is -3.45. The Labute approximate surface area is 197 Å². The molecule has 0 unspecified atom stereocenters. The Bertz CT molecular complexity index is 1270. The lowest BCUT2D eigenvalue weighted by Crippen LogP contribution is -2.25. The summed E-state index contributed by atoms with van der Waals surface area (Å²) in [6, 6.07) is 19.3. The van der Waals surface area contributed by atoms with Crippen LogP contribution in [0, 0.1) is 6.92 Å². The third-order valence-electron chi connectivity index (χ3n) is 5.30. The minimum absolute atomic E-state index is 0.0974. The van der Waals surface area contributed by atoms with Gasteiger partial charge in [-0.2, -0.15) is 0 Å². The zero-order valence-corrected chi connectivity index (χ0v) is 19.7. The average molecular weight is 463 g/mol. The molecule has 0 atom stereocenters. The number of thioether (sulfide) groups is 1. The van der Waals surface area contributed by atoms with Crippen molar-refractivity contribution in [1.29, 1.82) is 0 Å². The summed E-state index contributed by atoms with van der Waals surface area (Å²) < 4.78 is 16.4. The Morgan fingerprint density at radius 3 is 2.61 bits per heavy atom. The van der Waals surface area contributed by atoms with Crippen molar-refractivity contribution >= 4 is 28.8 Å². The summed E-state index contributed by atoms with van der Waals surface area (Å²) in [6.07, 6.45) is 0.693. The van der Waals surface area contributed by atoms with Crippen LogP contribution >= 0.6 is 11.8 Å². The Balaban J connectivity index is 1.33. The summed E-state index contributed by atoms with van der Waals surface area (Å²) in [5, 5.41) is 3.62. The molecule has 7 heteroatoms. The number of amides is 1. The van der Waals surface area contributed by atoms with Crippen molar-refractivity contribution in [2.75, 3.05) is 20.8 Å². The van der Waals surface area contributed by atoms with Crippen LogP contribution in [0.1, 0.15) is 27.0 Å². The fraction of sp³-hybridized carbons (Fsp3) is 0.231. The van der Waals surface area contributed by atoms with Crippen LogP contribution in [0.2, 0.25) is 0 Å². The maximum absolute atomic E-state index is 12.6. The van der Waals surface area contributed by atoms with Gasteiger partial charge < -0.3 is 19.2 Å². The maximum atomic E-state index is 12.6. The van der Waals surface area contributed by atoms with Gasteiger partial charge in [-0.25, -0.2) is 4.98 Å². The summed E-state index contributed by atoms with van der Waals surface area (Å²) in [5.41, 5.74) is 5.50. The molecular weight excluding hydrogens is 436 g/mol. The van der Waals surface area contributed by atoms with Crippen molar-refractivity contribution in [3.8, 4) is 11.5 Å². The SMILES string of the molecule is COc1ccc(CCNC(=O)c2cccc(CSc3nc4c(C)cccc4o3)c2)cc1OC. The molecule has 1 N–H and O–H groups in total. The van der Waals surface area contributed by atoms with E-state index in [0.29, 0.717) is 41.0 Å². The first-order valence-corrected chi connectivity index (χ1v) is 11.6. The monoisotopic (exact) mass is 462 g/mol. The number of hydrogen-bond donors (Lipinski definition) is 1. The number of ether oxygens (including phenoxy) is 2. The van der Waals surface area contributed by atoms with Gasteiger partial charge in [-0.1, -0.05) is 42.1 Å². The molecule has 0 saturated carbocycles. The van der Waals surface area contributed by atoms with E-state index in [4.69, 9.17) is 13.9 Å². The molecule has 1 aromatic heterocycles. The lowest BCUT2D eigenvalue weighted by atomic mass is 10.1. The van der Waals surface area contributed by atoms with Crippen LogP contribution in [0.15, 0.2) is 70.3 Å². The highest BCUT2D eigenvalue weighted by Gasteiger charge is 2.11. The van der Waals surface area contributed by atoms with E-state index in [-0.39, 0.29) is 5.91 Å². The first-order valence-electron chi connectivity index (χ1n) is 10.6. The number of methoxy groups -OCH3 is 2. The molecule has 1 heterocycles. The van der Waals surface area contributed by atoms with E-state index < -0.39 is 0 Å². The van der Waals surface area contributed by atoms with Gasteiger partial charge in [-0.05, 0) is 60.4 Å². The van der Waals surface area contributed by atoms with Crippen LogP contribution in [0.25, 0.3) is 11.1 Å². The largest absolute Gasteiger partial charge is 0.493 e. The number of hydrogen-bond acceptors (Lipinski definition) is 6. The highest BCUT2D eigenvalue weighted by molar-refractivity contribution is 7.98. The Morgan fingerprint density at radius 1 is 1.00 bits per heavy atom. The molecule has 0 fully saturated rings. The molecule has 0 bridgehead atoms. The maximum Gasteiger partial charge on any atom is 0.257 e. The van der Waals surface area contributed by atoms with Crippen LogP contribution in [-0.4, -0.2) is 31.7 Å². The molecule has 33 heavy (non-hydrogen) atoms. The molecule has 1 amide bonds. The first kappa shape index (κ1) is 22.7. The second-order valence-corrected chi connectivity index (χ2v) is 8.51. The number of benzene rings is 3. The fourth-order valence-corrected chi connectivity index (χ4v) is 4.31. The molecule has 0 radical (unpaired) electrons. The molecule has 0 aliphatic rings. The molecule has 0 aliphatic heterocycles. The van der Waals surface area contributed by atoms with Gasteiger partial charge in [-0.3, -0.25) is 4.79 Å². The second-order valence-electron chi connectivity index (χ2n) is 7.59. The minimum atomic E-state index is -0.0974. The van der Waals surface area contributed by atoms with Crippen molar-refractivity contribution in [3.63, 3.8) is 0 Å². The van der Waals surface area contributed by atoms with Gasteiger partial charge in [0.15, 0.2) is 17.1 Å². The smallest absolute Gasteiger partial charge is 0.257 e. The number of aromatic nitrogens is 1. The number of oxazole rings is 1. The Kier molecular flexibility index (Phi) is 7.19. The molecule has 3 aromatic carbocycles. The van der Waals surface area contributed by atoms with Crippen molar-refractivity contribution < 1.29 is 18.7 Å². The molecule has 0 saturated heterocycles. The minimum Gasteiger partial charge on any atom is -0.493 e. The number of fused-ring (bicyclic) bond motifs is 1. The van der Waals surface area contributed by atoms with Gasteiger partial charge in [0, 0.05) is 17.9 Å². The third kappa shape index (κ3) is 5.49. The molecule has 6 nitrogen and oxygen atoms in total. The standard InChI is InChI=1S/C26H26N2O4S/c1-17-6-4-9-22-24(17)28-26(32-22)33-16-19-7-5-8-20(14-19)25(29)27-13-12-18-10-11-21(30-2)23(15-18)31-3/h4-11,14-15H,12-13,16H2,1-3H3,(H,27,29). The van der Waals surface area contributed by atoms with E-state index in [1.807, 2.05) is 67.6 Å². The Morgan fingerprint density at radius 2 is 1.82 bits per heavy atom. The summed E-state index contributed by atoms with van der Waals surface area (Å²) >= 11 is 1.52. The normalized spacial score (nSPS) is 10.9. The molecule has 4 rings (SSSR count). The van der Waals surface area contributed by atoms with Crippen molar-refractivity contribution in [2.45, 2.75) is 24.3 Å². The molecule has 0 aliphatic carbocycles. The predicted octanol–water partition coefficient (Wildman–Crippen LogP) is 5.42. The molecule has 170 valence electrons. The van der Waals surface area contributed by atoms with E-state index in [1.54, 1.807) is 14.2 Å². The fourth-order valence-electron chi connectivity index (χ4n) is 3.53. The lowest BCUT2D eigenvalue weighted by Gasteiger charge is -2.10. The zero-order chi connectivity index (χ0) is 23.2. The summed E-state index contributed by atoms with van der Waals surface area (Å²) in [5.74, 6) is 1.94. The van der Waals surface area contributed by atoms with Crippen molar-refractivity contribution in [2.24, 2.45) is 0 Å². The predicted molar refractivity (Wildman–Crippen MR) is 130 cm³/mol. The summed E-state index contributed by atoms with van der Waals surface area (Å²) in [4.78, 5) is 17.2. The summed E-state index contributed by atoms with van der Waals surface area (Å²) in [6.45, 7) is 2.54. The van der Waals surface area contributed by atoms with Crippen LogP contribution in [0.4, 0.5) is 0 Å². The third-order valence-corrected chi connectivity index (χ3v) is 6.20.